The molecule has 1 aliphatic rings. The van der Waals surface area contributed by atoms with Crippen molar-refractivity contribution in [1.29, 1.82) is 0 Å². The van der Waals surface area contributed by atoms with E-state index in [1.165, 1.54) is 0 Å². The number of carbonyl (C=O) groups excluding carboxylic acids is 1. The molecule has 1 amide bonds. The summed E-state index contributed by atoms with van der Waals surface area (Å²) in [5.41, 5.74) is 10.4. The maximum Gasteiger partial charge on any atom is 0.256 e. The molecule has 0 aromatic heterocycles. The lowest BCUT2D eigenvalue weighted by molar-refractivity contribution is 0.0817. The summed E-state index contributed by atoms with van der Waals surface area (Å²) in [6, 6.07) is 13.9. The van der Waals surface area contributed by atoms with Crippen LogP contribution in [0.15, 0.2) is 42.5 Å². The maximum atomic E-state index is 12.1. The van der Waals surface area contributed by atoms with Crippen molar-refractivity contribution in [3.63, 3.8) is 0 Å². The summed E-state index contributed by atoms with van der Waals surface area (Å²) in [6.07, 6.45) is 4.09. The van der Waals surface area contributed by atoms with Crippen molar-refractivity contribution in [1.82, 2.24) is 4.90 Å². The molecule has 0 fully saturated rings. The Bertz CT molecular complexity index is 690. The molecule has 0 atom stereocenters. The van der Waals surface area contributed by atoms with Crippen LogP contribution in [0.4, 0.5) is 5.69 Å². The molecule has 0 bridgehead atoms. The van der Waals surface area contributed by atoms with Gasteiger partial charge in [0, 0.05) is 19.3 Å². The number of nitrogens with two attached hydrogens (primary N) is 1. The largest absolute Gasteiger partial charge is 0.398 e. The van der Waals surface area contributed by atoms with E-state index in [0.717, 1.165) is 16.7 Å². The van der Waals surface area contributed by atoms with Crippen LogP contribution in [0.3, 0.4) is 0 Å². The van der Waals surface area contributed by atoms with E-state index in [2.05, 4.69) is 6.08 Å². The molecule has 0 unspecified atom stereocenters. The molecule has 0 spiro atoms. The molecule has 2 aromatic carbocycles. The van der Waals surface area contributed by atoms with Crippen LogP contribution in [0.2, 0.25) is 0 Å². The number of carbonyl (C=O) groups is 1. The minimum absolute atomic E-state index is 0.00691. The summed E-state index contributed by atoms with van der Waals surface area (Å²) in [5.74, 6) is 0.00691. The third-order valence-electron chi connectivity index (χ3n) is 3.59. The molecular weight excluding hydrogens is 248 g/mol. The maximum absolute atomic E-state index is 12.1. The lowest BCUT2D eigenvalue weighted by Gasteiger charge is -2.05. The summed E-state index contributed by atoms with van der Waals surface area (Å²) in [6.45, 7) is 0.619. The Morgan fingerprint density at radius 2 is 1.85 bits per heavy atom. The lowest BCUT2D eigenvalue weighted by atomic mass is 10.0. The van der Waals surface area contributed by atoms with Crippen molar-refractivity contribution >= 4 is 23.7 Å². The van der Waals surface area contributed by atoms with E-state index < -0.39 is 0 Å². The Morgan fingerprint density at radius 1 is 1.10 bits per heavy atom. The molecule has 1 heterocycles. The monoisotopic (exact) mass is 264 g/mol. The number of rotatable bonds is 2. The molecule has 0 aliphatic carbocycles. The second-order valence-corrected chi connectivity index (χ2v) is 5.00. The van der Waals surface area contributed by atoms with Gasteiger partial charge in [0.1, 0.15) is 0 Å². The Balaban J connectivity index is 2.01. The third-order valence-corrected chi connectivity index (χ3v) is 3.59. The van der Waals surface area contributed by atoms with Crippen LogP contribution >= 0.6 is 0 Å². The first-order valence-electron chi connectivity index (χ1n) is 6.57. The number of hydrogen-bond donors (Lipinski definition) is 1. The fourth-order valence-corrected chi connectivity index (χ4v) is 2.51. The van der Waals surface area contributed by atoms with Crippen molar-refractivity contribution in [2.75, 3.05) is 12.8 Å². The SMILES string of the molecule is CN1Cc2c(C=Cc3ccccc3)ccc(N)c2C1=O. The van der Waals surface area contributed by atoms with Gasteiger partial charge >= 0.3 is 0 Å². The Hall–Kier alpha value is -2.55. The van der Waals surface area contributed by atoms with E-state index in [1.807, 2.05) is 42.5 Å². The highest BCUT2D eigenvalue weighted by atomic mass is 16.2. The van der Waals surface area contributed by atoms with Gasteiger partial charge in [-0.1, -0.05) is 48.6 Å². The molecule has 3 rings (SSSR count). The van der Waals surface area contributed by atoms with E-state index in [9.17, 15) is 4.79 Å². The van der Waals surface area contributed by atoms with Crippen LogP contribution in [0.5, 0.6) is 0 Å². The molecule has 0 radical (unpaired) electrons. The van der Waals surface area contributed by atoms with Crippen LogP contribution in [-0.2, 0) is 6.54 Å². The van der Waals surface area contributed by atoms with Gasteiger partial charge in [0.05, 0.1) is 5.56 Å². The molecule has 1 aliphatic heterocycles. The minimum Gasteiger partial charge on any atom is -0.398 e. The topological polar surface area (TPSA) is 46.3 Å². The molecule has 0 saturated carbocycles. The molecule has 0 saturated heterocycles. The van der Waals surface area contributed by atoms with E-state index in [-0.39, 0.29) is 5.91 Å². The van der Waals surface area contributed by atoms with Gasteiger partial charge < -0.3 is 10.6 Å². The van der Waals surface area contributed by atoms with Crippen molar-refractivity contribution in [2.45, 2.75) is 6.54 Å². The molecular formula is C17H16N2O. The van der Waals surface area contributed by atoms with E-state index >= 15 is 0 Å². The molecule has 100 valence electrons. The molecule has 3 nitrogen and oxygen atoms in total. The van der Waals surface area contributed by atoms with E-state index in [4.69, 9.17) is 5.73 Å². The normalized spacial score (nSPS) is 14.1. The predicted octanol–water partition coefficient (Wildman–Crippen LogP) is 3.02. The van der Waals surface area contributed by atoms with Gasteiger partial charge in [-0.2, -0.15) is 0 Å². The second kappa shape index (κ2) is 4.85. The first kappa shape index (κ1) is 12.5. The summed E-state index contributed by atoms with van der Waals surface area (Å²) >= 11 is 0. The molecule has 3 heteroatoms. The molecule has 2 N–H and O–H groups in total. The van der Waals surface area contributed by atoms with Gasteiger partial charge in [0.25, 0.3) is 5.91 Å². The highest BCUT2D eigenvalue weighted by Crippen LogP contribution is 2.30. The highest BCUT2D eigenvalue weighted by Gasteiger charge is 2.28. The van der Waals surface area contributed by atoms with Crippen molar-refractivity contribution in [3.8, 4) is 0 Å². The number of nitrogen functional groups attached to an aromatic ring is 1. The van der Waals surface area contributed by atoms with Crippen LogP contribution in [0.25, 0.3) is 12.2 Å². The second-order valence-electron chi connectivity index (χ2n) is 5.00. The number of anilines is 1. The number of hydrogen-bond acceptors (Lipinski definition) is 2. The minimum atomic E-state index is 0.00691. The number of benzene rings is 2. The van der Waals surface area contributed by atoms with Gasteiger partial charge in [-0.15, -0.1) is 0 Å². The summed E-state index contributed by atoms with van der Waals surface area (Å²) < 4.78 is 0. The number of fused-ring (bicyclic) bond motifs is 1. The Morgan fingerprint density at radius 3 is 2.60 bits per heavy atom. The summed E-state index contributed by atoms with van der Waals surface area (Å²) in [5, 5.41) is 0. The van der Waals surface area contributed by atoms with Crippen molar-refractivity contribution < 1.29 is 4.79 Å². The third kappa shape index (κ3) is 2.07. The Kier molecular flexibility index (Phi) is 3.03. The van der Waals surface area contributed by atoms with Crippen LogP contribution < -0.4 is 5.73 Å². The zero-order valence-corrected chi connectivity index (χ0v) is 11.3. The summed E-state index contributed by atoms with van der Waals surface area (Å²) in [4.78, 5) is 13.8. The van der Waals surface area contributed by atoms with Gasteiger partial charge in [-0.3, -0.25) is 4.79 Å². The average molecular weight is 264 g/mol. The van der Waals surface area contributed by atoms with Crippen LogP contribution in [0.1, 0.15) is 27.0 Å². The highest BCUT2D eigenvalue weighted by molar-refractivity contribution is 6.04. The molecule has 2 aromatic rings. The van der Waals surface area contributed by atoms with E-state index in [1.54, 1.807) is 18.0 Å². The number of nitrogens with zero attached hydrogens (tertiary/aromatic N) is 1. The standard InChI is InChI=1S/C17H16N2O/c1-19-11-14-13(8-7-12-5-3-2-4-6-12)9-10-15(18)16(14)17(19)20/h2-10H,11,18H2,1H3. The zero-order valence-electron chi connectivity index (χ0n) is 11.3. The van der Waals surface area contributed by atoms with Crippen molar-refractivity contribution in [3.05, 3.63) is 64.7 Å². The quantitative estimate of drug-likeness (QED) is 0.669. The fraction of sp³-hybridized carbons (Fsp3) is 0.118. The van der Waals surface area contributed by atoms with Gasteiger partial charge in [0.2, 0.25) is 0 Å². The first-order valence-corrected chi connectivity index (χ1v) is 6.57. The summed E-state index contributed by atoms with van der Waals surface area (Å²) in [7, 11) is 1.80. The van der Waals surface area contributed by atoms with Crippen molar-refractivity contribution in [2.24, 2.45) is 0 Å². The van der Waals surface area contributed by atoms with Gasteiger partial charge in [-0.05, 0) is 22.8 Å². The molecule has 20 heavy (non-hydrogen) atoms. The average Bonchev–Trinajstić information content (AvgIpc) is 2.76. The van der Waals surface area contributed by atoms with Crippen LogP contribution in [-0.4, -0.2) is 17.9 Å². The van der Waals surface area contributed by atoms with Gasteiger partial charge in [0.15, 0.2) is 0 Å². The Labute approximate surface area is 118 Å². The lowest BCUT2D eigenvalue weighted by Crippen LogP contribution is -2.18. The smallest absolute Gasteiger partial charge is 0.256 e. The van der Waals surface area contributed by atoms with E-state index in [0.29, 0.717) is 17.8 Å². The van der Waals surface area contributed by atoms with Gasteiger partial charge in [-0.25, -0.2) is 0 Å². The first-order chi connectivity index (χ1) is 9.66. The number of amides is 1. The predicted molar refractivity (Wildman–Crippen MR) is 82.0 cm³/mol. The fourth-order valence-electron chi connectivity index (χ4n) is 2.51. The zero-order chi connectivity index (χ0) is 14.1. The van der Waals surface area contributed by atoms with Crippen LogP contribution in [0, 0.1) is 0 Å².